The summed E-state index contributed by atoms with van der Waals surface area (Å²) in [4.78, 5) is 13.7. The maximum atomic E-state index is 11.8. The molecule has 0 radical (unpaired) electrons. The van der Waals surface area contributed by atoms with E-state index >= 15 is 0 Å². The van der Waals surface area contributed by atoms with Gasteiger partial charge in [0.1, 0.15) is 0 Å². The summed E-state index contributed by atoms with van der Waals surface area (Å²) in [5, 5.41) is 3.30. The molecule has 1 N–H and O–H groups in total. The number of hydrogen-bond acceptors (Lipinski definition) is 3. The number of hydrogen-bond donors (Lipinski definition) is 1. The lowest BCUT2D eigenvalue weighted by Crippen LogP contribution is -2.34. The number of amides is 1. The molecule has 0 saturated carbocycles. The number of nitrogens with one attached hydrogen (secondary N) is 1. The van der Waals surface area contributed by atoms with Crippen LogP contribution in [0.3, 0.4) is 0 Å². The molecule has 1 heterocycles. The van der Waals surface area contributed by atoms with Crippen LogP contribution in [0.1, 0.15) is 39.5 Å². The second-order valence-corrected chi connectivity index (χ2v) is 5.57. The molecule has 0 aliphatic carbocycles. The average molecular weight is 256 g/mol. The summed E-state index contributed by atoms with van der Waals surface area (Å²) in [6.45, 7) is 7.84. The molecule has 0 aromatic carbocycles. The van der Waals surface area contributed by atoms with Gasteiger partial charge in [0.2, 0.25) is 5.91 Å². The third-order valence-electron chi connectivity index (χ3n) is 3.42. The minimum Gasteiger partial charge on any atom is -0.378 e. The van der Waals surface area contributed by atoms with Crippen molar-refractivity contribution >= 4 is 5.91 Å². The standard InChI is InChI=1S/C14H28N2O2/c1-12(2)6-10-16(3)14(17)7-11-18-13-4-8-15-9-5-13/h12-13,15H,4-11H2,1-3H3. The molecule has 1 rings (SSSR count). The number of piperidine rings is 1. The molecular formula is C14H28N2O2. The van der Waals surface area contributed by atoms with Gasteiger partial charge in [-0.2, -0.15) is 0 Å². The molecule has 0 atom stereocenters. The lowest BCUT2D eigenvalue weighted by molar-refractivity contribution is -0.131. The fraction of sp³-hybridized carbons (Fsp3) is 0.929. The maximum absolute atomic E-state index is 11.8. The molecule has 0 bridgehead atoms. The topological polar surface area (TPSA) is 41.6 Å². The van der Waals surface area contributed by atoms with Gasteiger partial charge in [-0.05, 0) is 38.3 Å². The van der Waals surface area contributed by atoms with Gasteiger partial charge in [0.05, 0.1) is 19.1 Å². The number of nitrogens with zero attached hydrogens (tertiary/aromatic N) is 1. The van der Waals surface area contributed by atoms with Crippen LogP contribution in [-0.2, 0) is 9.53 Å². The highest BCUT2D eigenvalue weighted by molar-refractivity contribution is 5.75. The van der Waals surface area contributed by atoms with E-state index in [0.717, 1.165) is 38.9 Å². The summed E-state index contributed by atoms with van der Waals surface area (Å²) in [6.07, 6.45) is 4.06. The van der Waals surface area contributed by atoms with Crippen molar-refractivity contribution < 1.29 is 9.53 Å². The van der Waals surface area contributed by atoms with E-state index in [9.17, 15) is 4.79 Å². The van der Waals surface area contributed by atoms with Crippen LogP contribution in [0.4, 0.5) is 0 Å². The van der Waals surface area contributed by atoms with Crippen molar-refractivity contribution in [2.75, 3.05) is 33.3 Å². The van der Waals surface area contributed by atoms with Crippen LogP contribution in [0.2, 0.25) is 0 Å². The Bertz CT molecular complexity index is 238. The van der Waals surface area contributed by atoms with Gasteiger partial charge in [-0.3, -0.25) is 4.79 Å². The van der Waals surface area contributed by atoms with Crippen molar-refractivity contribution in [1.82, 2.24) is 10.2 Å². The number of carbonyl (C=O) groups is 1. The van der Waals surface area contributed by atoms with E-state index in [1.807, 2.05) is 11.9 Å². The van der Waals surface area contributed by atoms with Gasteiger partial charge < -0.3 is 15.0 Å². The summed E-state index contributed by atoms with van der Waals surface area (Å²) >= 11 is 0. The molecule has 1 aliphatic rings. The Morgan fingerprint density at radius 2 is 2.06 bits per heavy atom. The minimum absolute atomic E-state index is 0.199. The third kappa shape index (κ3) is 6.36. The summed E-state index contributed by atoms with van der Waals surface area (Å²) in [6, 6.07) is 0. The third-order valence-corrected chi connectivity index (χ3v) is 3.42. The zero-order valence-electron chi connectivity index (χ0n) is 12.1. The van der Waals surface area contributed by atoms with E-state index in [0.29, 0.717) is 25.0 Å². The highest BCUT2D eigenvalue weighted by Gasteiger charge is 2.14. The minimum atomic E-state index is 0.199. The highest BCUT2D eigenvalue weighted by Crippen LogP contribution is 2.08. The van der Waals surface area contributed by atoms with E-state index in [-0.39, 0.29) is 5.91 Å². The first-order chi connectivity index (χ1) is 8.59. The van der Waals surface area contributed by atoms with E-state index in [1.54, 1.807) is 0 Å². The van der Waals surface area contributed by atoms with Crippen molar-refractivity contribution in [2.45, 2.75) is 45.6 Å². The Morgan fingerprint density at radius 1 is 1.39 bits per heavy atom. The number of rotatable bonds is 7. The van der Waals surface area contributed by atoms with Crippen LogP contribution in [0.25, 0.3) is 0 Å². The van der Waals surface area contributed by atoms with Gasteiger partial charge in [0, 0.05) is 13.6 Å². The average Bonchev–Trinajstić information content (AvgIpc) is 2.37. The van der Waals surface area contributed by atoms with E-state index in [4.69, 9.17) is 4.74 Å². The van der Waals surface area contributed by atoms with E-state index < -0.39 is 0 Å². The van der Waals surface area contributed by atoms with Crippen LogP contribution in [0.15, 0.2) is 0 Å². The first-order valence-electron chi connectivity index (χ1n) is 7.16. The van der Waals surface area contributed by atoms with Gasteiger partial charge in [-0.25, -0.2) is 0 Å². The lowest BCUT2D eigenvalue weighted by Gasteiger charge is -2.23. The Kier molecular flexibility index (Phi) is 7.28. The second kappa shape index (κ2) is 8.48. The summed E-state index contributed by atoms with van der Waals surface area (Å²) in [5.74, 6) is 0.843. The van der Waals surface area contributed by atoms with Crippen LogP contribution in [0, 0.1) is 5.92 Å². The summed E-state index contributed by atoms with van der Waals surface area (Å²) in [7, 11) is 1.88. The Balaban J connectivity index is 2.08. The molecule has 1 saturated heterocycles. The van der Waals surface area contributed by atoms with Crippen LogP contribution in [-0.4, -0.2) is 50.2 Å². The fourth-order valence-corrected chi connectivity index (χ4v) is 2.04. The van der Waals surface area contributed by atoms with Crippen LogP contribution >= 0.6 is 0 Å². The van der Waals surface area contributed by atoms with Gasteiger partial charge in [-0.1, -0.05) is 13.8 Å². The predicted molar refractivity (Wildman–Crippen MR) is 73.6 cm³/mol. The molecule has 0 unspecified atom stereocenters. The molecule has 0 aromatic rings. The van der Waals surface area contributed by atoms with Gasteiger partial charge in [-0.15, -0.1) is 0 Å². The van der Waals surface area contributed by atoms with Crippen molar-refractivity contribution in [3.05, 3.63) is 0 Å². The second-order valence-electron chi connectivity index (χ2n) is 5.57. The Morgan fingerprint density at radius 3 is 2.67 bits per heavy atom. The Hall–Kier alpha value is -0.610. The first kappa shape index (κ1) is 15.4. The maximum Gasteiger partial charge on any atom is 0.224 e. The number of carbonyl (C=O) groups excluding carboxylic acids is 1. The normalized spacial score (nSPS) is 17.1. The van der Waals surface area contributed by atoms with Crippen LogP contribution < -0.4 is 5.32 Å². The summed E-state index contributed by atoms with van der Waals surface area (Å²) < 4.78 is 5.74. The molecule has 1 fully saturated rings. The lowest BCUT2D eigenvalue weighted by atomic mass is 10.1. The zero-order valence-corrected chi connectivity index (χ0v) is 12.1. The fourth-order valence-electron chi connectivity index (χ4n) is 2.04. The molecule has 1 amide bonds. The predicted octanol–water partition coefficient (Wildman–Crippen LogP) is 1.65. The van der Waals surface area contributed by atoms with Gasteiger partial charge >= 0.3 is 0 Å². The summed E-state index contributed by atoms with van der Waals surface area (Å²) in [5.41, 5.74) is 0. The van der Waals surface area contributed by atoms with Crippen molar-refractivity contribution in [2.24, 2.45) is 5.92 Å². The van der Waals surface area contributed by atoms with Gasteiger partial charge in [0.15, 0.2) is 0 Å². The van der Waals surface area contributed by atoms with Gasteiger partial charge in [0.25, 0.3) is 0 Å². The SMILES string of the molecule is CC(C)CCN(C)C(=O)CCOC1CCNCC1. The molecule has 4 heteroatoms. The van der Waals surface area contributed by atoms with Crippen molar-refractivity contribution in [1.29, 1.82) is 0 Å². The zero-order chi connectivity index (χ0) is 13.4. The molecule has 0 spiro atoms. The highest BCUT2D eigenvalue weighted by atomic mass is 16.5. The molecule has 4 nitrogen and oxygen atoms in total. The molecule has 0 aromatic heterocycles. The molecule has 106 valence electrons. The smallest absolute Gasteiger partial charge is 0.224 e. The molecular weight excluding hydrogens is 228 g/mol. The largest absolute Gasteiger partial charge is 0.378 e. The van der Waals surface area contributed by atoms with E-state index in [1.165, 1.54) is 0 Å². The van der Waals surface area contributed by atoms with E-state index in [2.05, 4.69) is 19.2 Å². The van der Waals surface area contributed by atoms with Crippen molar-refractivity contribution in [3.8, 4) is 0 Å². The van der Waals surface area contributed by atoms with Crippen LogP contribution in [0.5, 0.6) is 0 Å². The molecule has 1 aliphatic heterocycles. The molecule has 18 heavy (non-hydrogen) atoms. The number of ether oxygens (including phenoxy) is 1. The first-order valence-corrected chi connectivity index (χ1v) is 7.16. The monoisotopic (exact) mass is 256 g/mol. The quantitative estimate of drug-likeness (QED) is 0.753. The van der Waals surface area contributed by atoms with Crippen molar-refractivity contribution in [3.63, 3.8) is 0 Å². The Labute approximate surface area is 111 Å².